The number of aliphatic hydroxyl groups is 1. The molecular weight excluding hydrogens is 689 g/mol. The summed E-state index contributed by atoms with van der Waals surface area (Å²) in [5, 5.41) is 14.6. The summed E-state index contributed by atoms with van der Waals surface area (Å²) >= 11 is 0. The molecule has 7 heteroatoms. The fraction of sp³-hybridized carbons (Fsp3) is 0.457. The average molecular weight is 753 g/mol. The molecule has 0 aliphatic rings. The topological polar surface area (TPSA) is 65.0 Å². The highest BCUT2D eigenvalue weighted by Gasteiger charge is 2.54. The van der Waals surface area contributed by atoms with Crippen molar-refractivity contribution in [1.29, 1.82) is 0 Å². The van der Waals surface area contributed by atoms with Crippen molar-refractivity contribution in [1.82, 2.24) is 0 Å². The number of benzene rings is 4. The number of Topliss-reactive ketones (excluding diaryl/α,β-unsaturated/α-hetero) is 1. The molecule has 4 aromatic carbocycles. The number of carbonyl (C=O) groups is 1. The van der Waals surface area contributed by atoms with Gasteiger partial charge in [-0.3, -0.25) is 4.79 Å². The van der Waals surface area contributed by atoms with Gasteiger partial charge in [-0.1, -0.05) is 177 Å². The zero-order valence-electron chi connectivity index (χ0n) is 33.8. The first-order chi connectivity index (χ1) is 25.0. The van der Waals surface area contributed by atoms with Gasteiger partial charge in [-0.25, -0.2) is 0 Å². The predicted octanol–water partition coefficient (Wildman–Crippen LogP) is 9.52. The Bertz CT molecular complexity index is 1630. The van der Waals surface area contributed by atoms with Gasteiger partial charge in [0.1, 0.15) is 18.3 Å². The van der Waals surface area contributed by atoms with Crippen LogP contribution >= 0.6 is 0 Å². The molecule has 286 valence electrons. The predicted molar refractivity (Wildman–Crippen MR) is 225 cm³/mol. The van der Waals surface area contributed by atoms with Crippen molar-refractivity contribution in [3.8, 4) is 0 Å². The van der Waals surface area contributed by atoms with Gasteiger partial charge in [0.25, 0.3) is 8.32 Å². The van der Waals surface area contributed by atoms with Crippen molar-refractivity contribution in [3.63, 3.8) is 0 Å². The summed E-state index contributed by atoms with van der Waals surface area (Å²) in [5.74, 6) is 0.00373. The van der Waals surface area contributed by atoms with Crippen molar-refractivity contribution in [3.05, 3.63) is 132 Å². The van der Waals surface area contributed by atoms with Crippen molar-refractivity contribution >= 4 is 32.8 Å². The molecule has 0 saturated heterocycles. The van der Waals surface area contributed by atoms with Crippen molar-refractivity contribution < 1.29 is 23.5 Å². The number of hydrogen-bond donors (Lipinski definition) is 1. The van der Waals surface area contributed by atoms with E-state index in [1.165, 1.54) is 5.56 Å². The number of carbonyl (C=O) groups excluding carboxylic acids is 1. The molecule has 0 heterocycles. The van der Waals surface area contributed by atoms with E-state index in [0.717, 1.165) is 15.9 Å². The molecular formula is C46H64O5Si2. The summed E-state index contributed by atoms with van der Waals surface area (Å²) in [4.78, 5) is 14.3. The van der Waals surface area contributed by atoms with Crippen molar-refractivity contribution in [2.45, 2.75) is 129 Å². The molecule has 4 aromatic rings. The van der Waals surface area contributed by atoms with Crippen LogP contribution in [0.15, 0.2) is 121 Å². The summed E-state index contributed by atoms with van der Waals surface area (Å²) in [6.45, 7) is 21.9. The first-order valence-corrected chi connectivity index (χ1v) is 24.1. The van der Waals surface area contributed by atoms with Gasteiger partial charge >= 0.3 is 0 Å². The van der Waals surface area contributed by atoms with Crippen LogP contribution in [0, 0.1) is 5.92 Å². The zero-order valence-corrected chi connectivity index (χ0v) is 35.8. The third-order valence-electron chi connectivity index (χ3n) is 10.8. The zero-order chi connectivity index (χ0) is 38.9. The quantitative estimate of drug-likeness (QED) is 0.103. The van der Waals surface area contributed by atoms with Gasteiger partial charge in [0.05, 0.1) is 12.7 Å². The standard InChI is InChI=1S/C46H64O5Si2/c1-35(2)33-40(47)43(51-52(9,10)45(3,4)5)42(48)44(49-34-37-25-17-12-18-26-37)41(32-31-36-23-15-11-16-24-36)50-53(46(6,7)8,38-27-19-13-20-28-38)39-29-21-14-22-30-39/h11-30,35,41-44,48H,31-34H2,1-10H3/t41-,42+,43+,44-/m1/s1. The Morgan fingerprint density at radius 1 is 0.660 bits per heavy atom. The molecule has 0 spiro atoms. The molecule has 4 atom stereocenters. The summed E-state index contributed by atoms with van der Waals surface area (Å²) in [6.07, 6.45) is -2.26. The fourth-order valence-corrected chi connectivity index (χ4v) is 12.8. The summed E-state index contributed by atoms with van der Waals surface area (Å²) in [7, 11) is -5.67. The number of rotatable bonds is 18. The lowest BCUT2D eigenvalue weighted by Gasteiger charge is -2.48. The van der Waals surface area contributed by atoms with Crippen LogP contribution in [0.2, 0.25) is 23.2 Å². The van der Waals surface area contributed by atoms with Crippen LogP contribution in [0.5, 0.6) is 0 Å². The Morgan fingerprint density at radius 3 is 1.55 bits per heavy atom. The van der Waals surface area contributed by atoms with Gasteiger partial charge < -0.3 is 18.7 Å². The van der Waals surface area contributed by atoms with Gasteiger partial charge in [0.2, 0.25) is 0 Å². The third kappa shape index (κ3) is 11.0. The lowest BCUT2D eigenvalue weighted by atomic mass is 9.93. The highest BCUT2D eigenvalue weighted by molar-refractivity contribution is 6.99. The van der Waals surface area contributed by atoms with Crippen LogP contribution in [-0.2, 0) is 31.4 Å². The molecule has 4 rings (SSSR count). The lowest BCUT2D eigenvalue weighted by molar-refractivity contribution is -0.153. The van der Waals surface area contributed by atoms with Crippen LogP contribution in [0.4, 0.5) is 0 Å². The maximum Gasteiger partial charge on any atom is 0.261 e. The molecule has 5 nitrogen and oxygen atoms in total. The molecule has 0 aliphatic carbocycles. The number of ether oxygens (including phenoxy) is 1. The minimum atomic E-state index is -3.14. The molecule has 0 radical (unpaired) electrons. The maximum absolute atomic E-state index is 14.3. The number of aliphatic hydroxyl groups excluding tert-OH is 1. The molecule has 0 aliphatic heterocycles. The first kappa shape index (κ1) is 42.6. The highest BCUT2D eigenvalue weighted by Crippen LogP contribution is 2.41. The van der Waals surface area contributed by atoms with Crippen LogP contribution in [0.25, 0.3) is 0 Å². The van der Waals surface area contributed by atoms with Crippen LogP contribution < -0.4 is 10.4 Å². The maximum atomic E-state index is 14.3. The third-order valence-corrected chi connectivity index (χ3v) is 20.3. The second kappa shape index (κ2) is 18.4. The van der Waals surface area contributed by atoms with Gasteiger partial charge in [-0.2, -0.15) is 0 Å². The second-order valence-corrected chi connectivity index (χ2v) is 26.5. The van der Waals surface area contributed by atoms with E-state index in [9.17, 15) is 9.90 Å². The summed E-state index contributed by atoms with van der Waals surface area (Å²) in [6, 6.07) is 41.6. The Labute approximate surface area is 322 Å². The molecule has 0 amide bonds. The van der Waals surface area contributed by atoms with E-state index in [-0.39, 0.29) is 28.4 Å². The van der Waals surface area contributed by atoms with Gasteiger partial charge in [-0.15, -0.1) is 0 Å². The van der Waals surface area contributed by atoms with E-state index in [1.54, 1.807) is 0 Å². The van der Waals surface area contributed by atoms with E-state index < -0.39 is 41.1 Å². The minimum Gasteiger partial charge on any atom is -0.404 e. The molecule has 53 heavy (non-hydrogen) atoms. The van der Waals surface area contributed by atoms with E-state index >= 15 is 0 Å². The molecule has 0 aromatic heterocycles. The summed E-state index contributed by atoms with van der Waals surface area (Å²) in [5.41, 5.74) is 2.15. The number of hydrogen-bond acceptors (Lipinski definition) is 5. The SMILES string of the molecule is CC(C)CC(=O)[C@H](O[Si](C)(C)C(C)(C)C)[C@H](O)[C@H](OCc1ccccc1)[C@@H](CCc1ccccc1)O[Si](c1ccccc1)(c1ccccc1)C(C)(C)C. The van der Waals surface area contributed by atoms with Gasteiger partial charge in [0, 0.05) is 6.42 Å². The van der Waals surface area contributed by atoms with E-state index in [1.807, 2.05) is 62.4 Å². The second-order valence-electron chi connectivity index (χ2n) is 17.5. The first-order valence-electron chi connectivity index (χ1n) is 19.3. The molecule has 0 fully saturated rings. The molecule has 1 N–H and O–H groups in total. The molecule has 0 unspecified atom stereocenters. The van der Waals surface area contributed by atoms with Crippen LogP contribution in [0.3, 0.4) is 0 Å². The Kier molecular flexibility index (Phi) is 14.8. The van der Waals surface area contributed by atoms with E-state index in [2.05, 4.69) is 127 Å². The fourth-order valence-electron chi connectivity index (χ4n) is 6.87. The van der Waals surface area contributed by atoms with E-state index in [4.69, 9.17) is 13.6 Å². The Morgan fingerprint density at radius 2 is 1.11 bits per heavy atom. The van der Waals surface area contributed by atoms with Crippen LogP contribution in [-0.4, -0.2) is 51.9 Å². The average Bonchev–Trinajstić information content (AvgIpc) is 3.11. The summed E-state index contributed by atoms with van der Waals surface area (Å²) < 4.78 is 21.8. The number of aryl methyl sites for hydroxylation is 1. The normalized spacial score (nSPS) is 15.2. The monoisotopic (exact) mass is 752 g/mol. The molecule has 0 saturated carbocycles. The van der Waals surface area contributed by atoms with Crippen molar-refractivity contribution in [2.24, 2.45) is 5.92 Å². The largest absolute Gasteiger partial charge is 0.404 e. The van der Waals surface area contributed by atoms with Crippen LogP contribution in [0.1, 0.15) is 79.4 Å². The van der Waals surface area contributed by atoms with Crippen molar-refractivity contribution in [2.75, 3.05) is 0 Å². The minimum absolute atomic E-state index is 0.0992. The Balaban J connectivity index is 1.95. The van der Waals surface area contributed by atoms with Gasteiger partial charge in [0.15, 0.2) is 14.1 Å². The number of ketones is 1. The Hall–Kier alpha value is -3.18. The highest BCUT2D eigenvalue weighted by atomic mass is 28.4. The van der Waals surface area contributed by atoms with Gasteiger partial charge in [-0.05, 0) is 63.4 Å². The smallest absolute Gasteiger partial charge is 0.261 e. The lowest BCUT2D eigenvalue weighted by Crippen LogP contribution is -2.69. The van der Waals surface area contributed by atoms with E-state index in [0.29, 0.717) is 19.3 Å². The molecule has 0 bridgehead atoms.